The van der Waals surface area contributed by atoms with Gasteiger partial charge in [-0.3, -0.25) is 9.69 Å². The summed E-state index contributed by atoms with van der Waals surface area (Å²) in [4.78, 5) is 30.8. The van der Waals surface area contributed by atoms with Crippen molar-refractivity contribution in [3.8, 4) is 0 Å². The molecule has 4 rings (SSSR count). The van der Waals surface area contributed by atoms with Gasteiger partial charge in [0.1, 0.15) is 7.11 Å². The molecule has 2 fully saturated rings. The molecule has 1 aromatic heterocycles. The second-order valence-electron chi connectivity index (χ2n) is 8.77. The Balaban J connectivity index is 1.27. The molecule has 1 aromatic carbocycles. The van der Waals surface area contributed by atoms with Gasteiger partial charge in [0, 0.05) is 54.4 Å². The van der Waals surface area contributed by atoms with E-state index in [1.165, 1.54) is 0 Å². The average molecular weight is 471 g/mol. The fourth-order valence-corrected chi connectivity index (χ4v) is 4.88. The first kappa shape index (κ1) is 23.4. The van der Waals surface area contributed by atoms with Crippen molar-refractivity contribution in [3.05, 3.63) is 52.8 Å². The first-order valence-corrected chi connectivity index (χ1v) is 11.9. The lowest BCUT2D eigenvalue weighted by Gasteiger charge is -2.37. The zero-order valence-electron chi connectivity index (χ0n) is 19.0. The van der Waals surface area contributed by atoms with Crippen LogP contribution in [0.5, 0.6) is 0 Å². The van der Waals surface area contributed by atoms with Gasteiger partial charge in [-0.05, 0) is 56.5 Å². The van der Waals surface area contributed by atoms with E-state index >= 15 is 0 Å². The number of nitrogen functional groups attached to an aromatic ring is 1. The summed E-state index contributed by atoms with van der Waals surface area (Å²) in [5, 5.41) is 5.00. The summed E-state index contributed by atoms with van der Waals surface area (Å²) in [6, 6.07) is 7.69. The standard InChI is InChI=1S/C24H31ClN6O2/c1-33-29-22(18-2-4-21(25)5-3-18)19-8-12-31(13-9-19)23(32)20-6-10-30(11-7-20)16-17-14-27-24(26)28-15-17/h2-5,14-15,19-20H,6-13,16H2,1H3,(H2,26,27,28). The summed E-state index contributed by atoms with van der Waals surface area (Å²) < 4.78 is 0. The predicted octanol–water partition coefficient (Wildman–Crippen LogP) is 3.21. The highest BCUT2D eigenvalue weighted by molar-refractivity contribution is 6.30. The maximum absolute atomic E-state index is 13.2. The summed E-state index contributed by atoms with van der Waals surface area (Å²) in [6.07, 6.45) is 7.08. The molecule has 0 atom stereocenters. The second kappa shape index (κ2) is 10.9. The minimum Gasteiger partial charge on any atom is -0.399 e. The number of likely N-dealkylation sites (tertiary alicyclic amines) is 2. The van der Waals surface area contributed by atoms with Gasteiger partial charge in [0.15, 0.2) is 0 Å². The van der Waals surface area contributed by atoms with E-state index in [1.807, 2.05) is 29.2 Å². The number of carbonyl (C=O) groups excluding carboxylic acids is 1. The number of hydrogen-bond donors (Lipinski definition) is 1. The topological polar surface area (TPSA) is 96.9 Å². The number of amides is 1. The van der Waals surface area contributed by atoms with E-state index in [0.29, 0.717) is 16.9 Å². The number of benzene rings is 1. The van der Waals surface area contributed by atoms with Gasteiger partial charge in [0.05, 0.1) is 5.71 Å². The number of halogens is 1. The predicted molar refractivity (Wildman–Crippen MR) is 129 cm³/mol. The van der Waals surface area contributed by atoms with Crippen LogP contribution < -0.4 is 5.73 Å². The smallest absolute Gasteiger partial charge is 0.225 e. The Kier molecular flexibility index (Phi) is 7.77. The minimum atomic E-state index is 0.101. The van der Waals surface area contributed by atoms with Crippen molar-refractivity contribution in [1.29, 1.82) is 0 Å². The molecule has 8 nitrogen and oxygen atoms in total. The van der Waals surface area contributed by atoms with Crippen LogP contribution >= 0.6 is 11.6 Å². The first-order chi connectivity index (χ1) is 16.0. The molecule has 1 amide bonds. The highest BCUT2D eigenvalue weighted by Crippen LogP contribution is 2.27. The lowest BCUT2D eigenvalue weighted by molar-refractivity contribution is -0.138. The minimum absolute atomic E-state index is 0.101. The number of anilines is 1. The number of piperidine rings is 2. The summed E-state index contributed by atoms with van der Waals surface area (Å²) in [7, 11) is 1.57. The van der Waals surface area contributed by atoms with E-state index in [4.69, 9.17) is 22.2 Å². The quantitative estimate of drug-likeness (QED) is 0.514. The van der Waals surface area contributed by atoms with Crippen molar-refractivity contribution in [2.45, 2.75) is 32.2 Å². The number of rotatable bonds is 6. The molecule has 0 spiro atoms. The molecule has 2 aliphatic rings. The van der Waals surface area contributed by atoms with Crippen LogP contribution in [0.3, 0.4) is 0 Å². The lowest BCUT2D eigenvalue weighted by atomic mass is 9.87. The molecule has 0 saturated carbocycles. The Morgan fingerprint density at radius 1 is 1.06 bits per heavy atom. The van der Waals surface area contributed by atoms with Gasteiger partial charge in [-0.2, -0.15) is 0 Å². The summed E-state index contributed by atoms with van der Waals surface area (Å²) in [6.45, 7) is 4.10. The maximum Gasteiger partial charge on any atom is 0.225 e. The third kappa shape index (κ3) is 6.00. The fourth-order valence-electron chi connectivity index (χ4n) is 4.76. The van der Waals surface area contributed by atoms with Gasteiger partial charge in [-0.15, -0.1) is 0 Å². The third-order valence-electron chi connectivity index (χ3n) is 6.59. The van der Waals surface area contributed by atoms with Crippen LogP contribution in [0.2, 0.25) is 5.02 Å². The summed E-state index contributed by atoms with van der Waals surface area (Å²) in [5.74, 6) is 0.948. The lowest BCUT2D eigenvalue weighted by Crippen LogP contribution is -2.46. The van der Waals surface area contributed by atoms with Gasteiger partial charge < -0.3 is 15.5 Å². The van der Waals surface area contributed by atoms with E-state index in [9.17, 15) is 4.79 Å². The zero-order chi connectivity index (χ0) is 23.2. The summed E-state index contributed by atoms with van der Waals surface area (Å²) in [5.41, 5.74) is 8.56. The molecule has 2 aromatic rings. The molecular weight excluding hydrogens is 440 g/mol. The van der Waals surface area contributed by atoms with Gasteiger partial charge >= 0.3 is 0 Å². The van der Waals surface area contributed by atoms with E-state index in [1.54, 1.807) is 19.5 Å². The van der Waals surface area contributed by atoms with Gasteiger partial charge in [-0.1, -0.05) is 28.9 Å². The van der Waals surface area contributed by atoms with Crippen molar-refractivity contribution in [3.63, 3.8) is 0 Å². The van der Waals surface area contributed by atoms with Crippen LogP contribution in [0.4, 0.5) is 5.95 Å². The van der Waals surface area contributed by atoms with E-state index < -0.39 is 0 Å². The van der Waals surface area contributed by atoms with Gasteiger partial charge in [0.25, 0.3) is 0 Å². The van der Waals surface area contributed by atoms with E-state index in [2.05, 4.69) is 20.0 Å². The average Bonchev–Trinajstić information content (AvgIpc) is 2.85. The van der Waals surface area contributed by atoms with E-state index in [0.717, 1.165) is 75.2 Å². The van der Waals surface area contributed by atoms with Gasteiger partial charge in [-0.25, -0.2) is 9.97 Å². The largest absolute Gasteiger partial charge is 0.399 e. The monoisotopic (exact) mass is 470 g/mol. The molecule has 0 aliphatic carbocycles. The van der Waals surface area contributed by atoms with Crippen LogP contribution in [0.15, 0.2) is 41.8 Å². The van der Waals surface area contributed by atoms with Gasteiger partial charge in [0.2, 0.25) is 11.9 Å². The molecule has 3 heterocycles. The molecule has 0 radical (unpaired) electrons. The molecule has 176 valence electrons. The highest BCUT2D eigenvalue weighted by atomic mass is 35.5. The number of aromatic nitrogens is 2. The van der Waals surface area contributed by atoms with E-state index in [-0.39, 0.29) is 11.8 Å². The molecular formula is C24H31ClN6O2. The Hall–Kier alpha value is -2.71. The van der Waals surface area contributed by atoms with Crippen molar-refractivity contribution in [2.24, 2.45) is 17.0 Å². The SMILES string of the molecule is CON=C(c1ccc(Cl)cc1)C1CCN(C(=O)C2CCN(Cc3cnc(N)nc3)CC2)CC1. The Morgan fingerprint density at radius 2 is 1.67 bits per heavy atom. The summed E-state index contributed by atoms with van der Waals surface area (Å²) >= 11 is 6.03. The molecule has 33 heavy (non-hydrogen) atoms. The van der Waals surface area contributed by atoms with Crippen LogP contribution in [0.25, 0.3) is 0 Å². The van der Waals surface area contributed by atoms with Crippen LogP contribution in [-0.2, 0) is 16.2 Å². The van der Waals surface area contributed by atoms with Crippen LogP contribution in [0, 0.1) is 11.8 Å². The number of nitrogens with zero attached hydrogens (tertiary/aromatic N) is 5. The molecule has 0 bridgehead atoms. The normalized spacial score (nSPS) is 19.0. The second-order valence-corrected chi connectivity index (χ2v) is 9.20. The zero-order valence-corrected chi connectivity index (χ0v) is 19.7. The Morgan fingerprint density at radius 3 is 2.27 bits per heavy atom. The Bertz CT molecular complexity index is 950. The highest BCUT2D eigenvalue weighted by Gasteiger charge is 2.32. The number of oxime groups is 1. The number of nitrogens with two attached hydrogens (primary N) is 1. The number of carbonyl (C=O) groups is 1. The van der Waals surface area contributed by atoms with Crippen molar-refractivity contribution in [1.82, 2.24) is 19.8 Å². The van der Waals surface area contributed by atoms with Crippen molar-refractivity contribution >= 4 is 29.2 Å². The molecule has 9 heteroatoms. The first-order valence-electron chi connectivity index (χ1n) is 11.5. The fraction of sp³-hybridized carbons (Fsp3) is 0.500. The molecule has 2 aliphatic heterocycles. The molecule has 0 unspecified atom stereocenters. The Labute approximate surface area is 199 Å². The van der Waals surface area contributed by atoms with Crippen molar-refractivity contribution in [2.75, 3.05) is 39.0 Å². The van der Waals surface area contributed by atoms with Crippen LogP contribution in [-0.4, -0.2) is 64.7 Å². The number of hydrogen-bond acceptors (Lipinski definition) is 7. The maximum atomic E-state index is 13.2. The molecule has 2 saturated heterocycles. The van der Waals surface area contributed by atoms with Crippen LogP contribution in [0.1, 0.15) is 36.8 Å². The third-order valence-corrected chi connectivity index (χ3v) is 6.84. The van der Waals surface area contributed by atoms with Crippen molar-refractivity contribution < 1.29 is 9.63 Å². The molecule has 2 N–H and O–H groups in total.